The quantitative estimate of drug-likeness (QED) is 0.475. The summed E-state index contributed by atoms with van der Waals surface area (Å²) in [7, 11) is 0. The summed E-state index contributed by atoms with van der Waals surface area (Å²) in [5.74, 6) is -2.20. The predicted octanol–water partition coefficient (Wildman–Crippen LogP) is 3.52. The Hall–Kier alpha value is -3.80. The number of hydrogen-bond acceptors (Lipinski definition) is 5. The summed E-state index contributed by atoms with van der Waals surface area (Å²) < 4.78 is 5.51. The Morgan fingerprint density at radius 1 is 0.929 bits per heavy atom. The van der Waals surface area contributed by atoms with Crippen molar-refractivity contribution in [3.8, 4) is 11.1 Å². The normalized spacial score (nSPS) is 12.3. The highest BCUT2D eigenvalue weighted by molar-refractivity contribution is 6.07. The lowest BCUT2D eigenvalue weighted by molar-refractivity contribution is 0.0485. The van der Waals surface area contributed by atoms with Gasteiger partial charge >= 0.3 is 11.9 Å². The summed E-state index contributed by atoms with van der Waals surface area (Å²) in [5.41, 5.74) is 15.6. The number of anilines is 2. The number of rotatable bonds is 4. The second-order valence-corrected chi connectivity index (χ2v) is 6.66. The number of ether oxygens (including phenoxy) is 1. The summed E-state index contributed by atoms with van der Waals surface area (Å²) >= 11 is 0. The van der Waals surface area contributed by atoms with Gasteiger partial charge in [0, 0.05) is 17.3 Å². The number of aromatic carboxylic acids is 1. The summed E-state index contributed by atoms with van der Waals surface area (Å²) in [6, 6.07) is 18.5. The molecule has 3 aromatic rings. The molecule has 0 saturated carbocycles. The van der Waals surface area contributed by atoms with E-state index in [2.05, 4.69) is 0 Å². The van der Waals surface area contributed by atoms with Gasteiger partial charge in [-0.1, -0.05) is 48.5 Å². The average Bonchev–Trinajstić information content (AvgIpc) is 2.99. The van der Waals surface area contributed by atoms with E-state index in [1.165, 1.54) is 12.1 Å². The molecule has 0 radical (unpaired) electrons. The van der Waals surface area contributed by atoms with Gasteiger partial charge in [-0.2, -0.15) is 0 Å². The monoisotopic (exact) mass is 374 g/mol. The van der Waals surface area contributed by atoms with Gasteiger partial charge in [0.2, 0.25) is 0 Å². The van der Waals surface area contributed by atoms with Gasteiger partial charge in [0.05, 0.1) is 11.1 Å². The number of nitrogens with two attached hydrogens (primary N) is 2. The maximum Gasteiger partial charge on any atom is 0.341 e. The smallest absolute Gasteiger partial charge is 0.341 e. The molecule has 4 rings (SSSR count). The van der Waals surface area contributed by atoms with Crippen molar-refractivity contribution in [2.45, 2.75) is 5.92 Å². The molecule has 5 N–H and O–H groups in total. The Bertz CT molecular complexity index is 1060. The Morgan fingerprint density at radius 3 is 2.07 bits per heavy atom. The second kappa shape index (κ2) is 6.74. The van der Waals surface area contributed by atoms with E-state index in [0.717, 1.165) is 22.3 Å². The number of carboxylic acid groups (broad SMARTS) is 1. The minimum atomic E-state index is -1.29. The third-order valence-electron chi connectivity index (χ3n) is 4.97. The zero-order chi connectivity index (χ0) is 19.8. The van der Waals surface area contributed by atoms with E-state index in [1.807, 2.05) is 48.5 Å². The van der Waals surface area contributed by atoms with Crippen LogP contribution in [-0.2, 0) is 4.74 Å². The van der Waals surface area contributed by atoms with Crippen molar-refractivity contribution in [1.29, 1.82) is 0 Å². The fraction of sp³-hybridized carbons (Fsp3) is 0.0909. The first-order chi connectivity index (χ1) is 13.5. The highest BCUT2D eigenvalue weighted by Gasteiger charge is 2.30. The lowest BCUT2D eigenvalue weighted by Gasteiger charge is -2.16. The molecule has 0 aromatic heterocycles. The molecule has 140 valence electrons. The summed E-state index contributed by atoms with van der Waals surface area (Å²) in [5, 5.41) is 9.38. The first kappa shape index (κ1) is 17.6. The Labute approximate surface area is 161 Å². The van der Waals surface area contributed by atoms with Gasteiger partial charge in [0.25, 0.3) is 0 Å². The first-order valence-corrected chi connectivity index (χ1v) is 8.75. The van der Waals surface area contributed by atoms with E-state index in [4.69, 9.17) is 16.2 Å². The fourth-order valence-electron chi connectivity index (χ4n) is 3.75. The van der Waals surface area contributed by atoms with E-state index in [9.17, 15) is 14.7 Å². The summed E-state index contributed by atoms with van der Waals surface area (Å²) in [6.45, 7) is 0.0791. The van der Waals surface area contributed by atoms with Crippen molar-refractivity contribution >= 4 is 23.3 Å². The van der Waals surface area contributed by atoms with Crippen LogP contribution < -0.4 is 11.5 Å². The van der Waals surface area contributed by atoms with Gasteiger partial charge in [-0.25, -0.2) is 9.59 Å². The highest BCUT2D eigenvalue weighted by Crippen LogP contribution is 2.44. The molecule has 28 heavy (non-hydrogen) atoms. The molecule has 1 aliphatic carbocycles. The largest absolute Gasteiger partial charge is 0.478 e. The van der Waals surface area contributed by atoms with Crippen LogP contribution in [0.25, 0.3) is 11.1 Å². The van der Waals surface area contributed by atoms with Crippen LogP contribution in [0.3, 0.4) is 0 Å². The van der Waals surface area contributed by atoms with Gasteiger partial charge in [-0.15, -0.1) is 0 Å². The number of carbonyl (C=O) groups is 2. The summed E-state index contributed by atoms with van der Waals surface area (Å²) in [4.78, 5) is 24.2. The van der Waals surface area contributed by atoms with Crippen molar-refractivity contribution < 1.29 is 19.4 Å². The van der Waals surface area contributed by atoms with Gasteiger partial charge in [0.15, 0.2) is 0 Å². The van der Waals surface area contributed by atoms with Gasteiger partial charge in [0.1, 0.15) is 6.61 Å². The van der Waals surface area contributed by atoms with E-state index < -0.39 is 11.9 Å². The lowest BCUT2D eigenvalue weighted by Crippen LogP contribution is -2.18. The third kappa shape index (κ3) is 2.85. The number of hydrogen-bond donors (Lipinski definition) is 3. The molecule has 0 unspecified atom stereocenters. The SMILES string of the molecule is Nc1cc(N)c(C(=O)OCC2c3ccccc3-c3ccccc32)c(C(=O)O)c1. The molecule has 0 saturated heterocycles. The molecule has 0 atom stereocenters. The predicted molar refractivity (Wildman–Crippen MR) is 106 cm³/mol. The van der Waals surface area contributed by atoms with Crippen LogP contribution in [0.5, 0.6) is 0 Å². The minimum absolute atomic E-state index is 0.0189. The summed E-state index contributed by atoms with van der Waals surface area (Å²) in [6.07, 6.45) is 0. The van der Waals surface area contributed by atoms with Crippen molar-refractivity contribution in [1.82, 2.24) is 0 Å². The second-order valence-electron chi connectivity index (χ2n) is 6.66. The van der Waals surface area contributed by atoms with Crippen molar-refractivity contribution in [2.75, 3.05) is 18.1 Å². The molecular weight excluding hydrogens is 356 g/mol. The van der Waals surface area contributed by atoms with Crippen LogP contribution in [0.2, 0.25) is 0 Å². The Kier molecular flexibility index (Phi) is 4.24. The van der Waals surface area contributed by atoms with Crippen LogP contribution in [0, 0.1) is 0 Å². The molecule has 0 amide bonds. The van der Waals surface area contributed by atoms with Gasteiger partial charge < -0.3 is 21.3 Å². The molecule has 0 spiro atoms. The molecule has 0 heterocycles. The first-order valence-electron chi connectivity index (χ1n) is 8.75. The molecule has 1 aliphatic rings. The van der Waals surface area contributed by atoms with Crippen LogP contribution in [0.4, 0.5) is 11.4 Å². The van der Waals surface area contributed by atoms with Crippen LogP contribution >= 0.6 is 0 Å². The third-order valence-corrected chi connectivity index (χ3v) is 4.97. The number of nitrogen functional groups attached to an aromatic ring is 2. The van der Waals surface area contributed by atoms with Crippen molar-refractivity contribution in [3.63, 3.8) is 0 Å². The number of fused-ring (bicyclic) bond motifs is 3. The molecule has 0 aliphatic heterocycles. The van der Waals surface area contributed by atoms with E-state index in [1.54, 1.807) is 0 Å². The zero-order valence-corrected chi connectivity index (χ0v) is 14.9. The van der Waals surface area contributed by atoms with Crippen molar-refractivity contribution in [2.24, 2.45) is 0 Å². The Morgan fingerprint density at radius 2 is 1.50 bits per heavy atom. The Balaban J connectivity index is 1.64. The topological polar surface area (TPSA) is 116 Å². The number of carboxylic acids is 1. The van der Waals surface area contributed by atoms with E-state index in [0.29, 0.717) is 0 Å². The van der Waals surface area contributed by atoms with Gasteiger partial charge in [-0.05, 0) is 34.4 Å². The van der Waals surface area contributed by atoms with Crippen LogP contribution in [-0.4, -0.2) is 23.7 Å². The molecule has 6 heteroatoms. The molecular formula is C22H18N2O4. The van der Waals surface area contributed by atoms with Crippen LogP contribution in [0.1, 0.15) is 37.8 Å². The standard InChI is InChI=1S/C22H18N2O4/c23-12-9-17(21(25)26)20(19(24)10-12)22(27)28-11-18-15-7-3-1-5-13(15)14-6-2-4-8-16(14)18/h1-10,18H,11,23-24H2,(H,25,26). The lowest BCUT2D eigenvalue weighted by atomic mass is 9.98. The number of carbonyl (C=O) groups excluding carboxylic acids is 1. The van der Waals surface area contributed by atoms with Crippen molar-refractivity contribution in [3.05, 3.63) is 82.9 Å². The zero-order valence-electron chi connectivity index (χ0n) is 14.9. The number of benzene rings is 3. The maximum atomic E-state index is 12.7. The number of esters is 1. The van der Waals surface area contributed by atoms with Crippen LogP contribution in [0.15, 0.2) is 60.7 Å². The minimum Gasteiger partial charge on any atom is -0.478 e. The average molecular weight is 374 g/mol. The molecule has 0 fully saturated rings. The van der Waals surface area contributed by atoms with Gasteiger partial charge in [-0.3, -0.25) is 0 Å². The van der Waals surface area contributed by atoms with E-state index >= 15 is 0 Å². The highest BCUT2D eigenvalue weighted by atomic mass is 16.5. The maximum absolute atomic E-state index is 12.7. The molecule has 0 bridgehead atoms. The fourth-order valence-corrected chi connectivity index (χ4v) is 3.75. The van der Waals surface area contributed by atoms with E-state index in [-0.39, 0.29) is 35.0 Å². The molecule has 6 nitrogen and oxygen atoms in total. The molecule has 3 aromatic carbocycles.